The molecule has 0 radical (unpaired) electrons. The predicted octanol–water partition coefficient (Wildman–Crippen LogP) is 3.09. The highest BCUT2D eigenvalue weighted by molar-refractivity contribution is 5.87. The van der Waals surface area contributed by atoms with E-state index in [9.17, 15) is 5.11 Å². The third-order valence-electron chi connectivity index (χ3n) is 3.68. The summed E-state index contributed by atoms with van der Waals surface area (Å²) in [6.45, 7) is 0.173. The largest absolute Gasteiger partial charge is 0.508 e. The van der Waals surface area contributed by atoms with Gasteiger partial charge in [0.15, 0.2) is 0 Å². The molecule has 0 amide bonds. The minimum Gasteiger partial charge on any atom is -0.508 e. The third kappa shape index (κ3) is 2.17. The molecular weight excluding hydrogens is 250 g/mol. The van der Waals surface area contributed by atoms with E-state index in [2.05, 4.69) is 22.8 Å². The monoisotopic (exact) mass is 267 g/mol. The van der Waals surface area contributed by atoms with Crippen LogP contribution in [0, 0.1) is 0 Å². The number of hydrogen-bond acceptors (Lipinski definition) is 2. The van der Waals surface area contributed by atoms with Crippen molar-refractivity contribution in [1.29, 1.82) is 0 Å². The molecule has 2 aromatic carbocycles. The van der Waals surface area contributed by atoms with Crippen molar-refractivity contribution in [3.63, 3.8) is 0 Å². The Morgan fingerprint density at radius 1 is 1.00 bits per heavy atom. The number of benzene rings is 2. The lowest BCUT2D eigenvalue weighted by Gasteiger charge is -2.06. The Hall–Kier alpha value is -2.26. The summed E-state index contributed by atoms with van der Waals surface area (Å²) < 4.78 is 2.08. The molecule has 3 nitrogen and oxygen atoms in total. The van der Waals surface area contributed by atoms with Gasteiger partial charge < -0.3 is 14.8 Å². The number of aliphatic hydroxyl groups excluding tert-OH is 1. The Labute approximate surface area is 117 Å². The summed E-state index contributed by atoms with van der Waals surface area (Å²) in [5, 5.41) is 19.6. The fourth-order valence-electron chi connectivity index (χ4n) is 2.57. The van der Waals surface area contributed by atoms with E-state index in [0.29, 0.717) is 6.42 Å². The van der Waals surface area contributed by atoms with Crippen LogP contribution in [-0.4, -0.2) is 21.4 Å². The van der Waals surface area contributed by atoms with Gasteiger partial charge in [0, 0.05) is 30.8 Å². The van der Waals surface area contributed by atoms with Crippen molar-refractivity contribution in [2.75, 3.05) is 6.61 Å². The highest BCUT2D eigenvalue weighted by Crippen LogP contribution is 2.29. The van der Waals surface area contributed by atoms with Crippen molar-refractivity contribution in [2.24, 2.45) is 7.05 Å². The molecule has 0 aliphatic heterocycles. The summed E-state index contributed by atoms with van der Waals surface area (Å²) in [6, 6.07) is 15.7. The Morgan fingerprint density at radius 3 is 2.45 bits per heavy atom. The van der Waals surface area contributed by atoms with Crippen molar-refractivity contribution in [3.8, 4) is 17.0 Å². The minimum absolute atomic E-state index is 0.173. The summed E-state index contributed by atoms with van der Waals surface area (Å²) in [4.78, 5) is 0. The molecule has 3 aromatic rings. The molecule has 1 aromatic heterocycles. The topological polar surface area (TPSA) is 45.4 Å². The fraction of sp³-hybridized carbons (Fsp3) is 0.176. The lowest BCUT2D eigenvalue weighted by atomic mass is 10.1. The first-order valence-electron chi connectivity index (χ1n) is 6.67. The van der Waals surface area contributed by atoms with Gasteiger partial charge in [-0.1, -0.05) is 24.3 Å². The van der Waals surface area contributed by atoms with Crippen molar-refractivity contribution in [3.05, 3.63) is 54.1 Å². The minimum atomic E-state index is 0.173. The van der Waals surface area contributed by atoms with Crippen molar-refractivity contribution < 1.29 is 10.2 Å². The van der Waals surface area contributed by atoms with Crippen molar-refractivity contribution in [1.82, 2.24) is 4.57 Å². The zero-order valence-corrected chi connectivity index (χ0v) is 11.4. The van der Waals surface area contributed by atoms with Crippen LogP contribution in [0.4, 0.5) is 0 Å². The molecule has 0 saturated carbocycles. The van der Waals surface area contributed by atoms with E-state index in [1.165, 1.54) is 0 Å². The van der Waals surface area contributed by atoms with Gasteiger partial charge in [0.05, 0.1) is 5.52 Å². The van der Waals surface area contributed by atoms with Crippen molar-refractivity contribution >= 4 is 10.9 Å². The van der Waals surface area contributed by atoms with E-state index in [0.717, 1.165) is 27.7 Å². The highest BCUT2D eigenvalue weighted by atomic mass is 16.3. The van der Waals surface area contributed by atoms with Crippen LogP contribution in [0.5, 0.6) is 5.75 Å². The van der Waals surface area contributed by atoms with Gasteiger partial charge in [0.25, 0.3) is 0 Å². The first kappa shape index (κ1) is 12.8. The number of aryl methyl sites for hydroxylation is 1. The standard InChI is InChI=1S/C17H17NO2/c1-18-16(10-14-6-7-15(20)11-17(14)18)13-4-2-12(3-5-13)8-9-19/h2-7,10-11,19-20H,8-9H2,1H3. The van der Waals surface area contributed by atoms with E-state index in [-0.39, 0.29) is 12.4 Å². The predicted molar refractivity (Wildman–Crippen MR) is 80.8 cm³/mol. The Balaban J connectivity index is 2.07. The molecule has 0 bridgehead atoms. The van der Waals surface area contributed by atoms with E-state index < -0.39 is 0 Å². The number of hydrogen-bond donors (Lipinski definition) is 2. The number of aliphatic hydroxyl groups is 1. The molecule has 1 heterocycles. The van der Waals surface area contributed by atoms with Gasteiger partial charge in [0.2, 0.25) is 0 Å². The number of fused-ring (bicyclic) bond motifs is 1. The quantitative estimate of drug-likeness (QED) is 0.766. The number of rotatable bonds is 3. The molecule has 0 fully saturated rings. The lowest BCUT2D eigenvalue weighted by molar-refractivity contribution is 0.299. The zero-order valence-electron chi connectivity index (χ0n) is 11.4. The van der Waals surface area contributed by atoms with Crippen LogP contribution in [0.1, 0.15) is 5.56 Å². The Bertz CT molecular complexity index is 742. The fourth-order valence-corrected chi connectivity index (χ4v) is 2.57. The molecule has 3 rings (SSSR count). The van der Waals surface area contributed by atoms with Gasteiger partial charge in [-0.05, 0) is 35.7 Å². The number of nitrogens with zero attached hydrogens (tertiary/aromatic N) is 1. The second kappa shape index (κ2) is 5.02. The van der Waals surface area contributed by atoms with Gasteiger partial charge in [-0.25, -0.2) is 0 Å². The van der Waals surface area contributed by atoms with Gasteiger partial charge in [-0.3, -0.25) is 0 Å². The van der Waals surface area contributed by atoms with E-state index >= 15 is 0 Å². The first-order chi connectivity index (χ1) is 9.69. The molecule has 20 heavy (non-hydrogen) atoms. The second-order valence-corrected chi connectivity index (χ2v) is 5.00. The van der Waals surface area contributed by atoms with Gasteiger partial charge in [0.1, 0.15) is 5.75 Å². The van der Waals surface area contributed by atoms with Crippen LogP contribution in [-0.2, 0) is 13.5 Å². The van der Waals surface area contributed by atoms with Crippen LogP contribution in [0.3, 0.4) is 0 Å². The SMILES string of the molecule is Cn1c(-c2ccc(CCO)cc2)cc2ccc(O)cc21. The number of phenolic OH excluding ortho intramolecular Hbond substituents is 1. The molecule has 102 valence electrons. The van der Waals surface area contributed by atoms with Crippen LogP contribution in [0.2, 0.25) is 0 Å². The van der Waals surface area contributed by atoms with Crippen LogP contribution in [0.25, 0.3) is 22.2 Å². The molecular formula is C17H17NO2. The first-order valence-corrected chi connectivity index (χ1v) is 6.67. The average Bonchev–Trinajstić information content (AvgIpc) is 2.77. The average molecular weight is 267 g/mol. The van der Waals surface area contributed by atoms with E-state index in [1.807, 2.05) is 25.2 Å². The van der Waals surface area contributed by atoms with Crippen LogP contribution >= 0.6 is 0 Å². The maximum Gasteiger partial charge on any atom is 0.117 e. The molecule has 2 N–H and O–H groups in total. The van der Waals surface area contributed by atoms with Crippen LogP contribution < -0.4 is 0 Å². The van der Waals surface area contributed by atoms with E-state index in [4.69, 9.17) is 5.11 Å². The summed E-state index contributed by atoms with van der Waals surface area (Å²) in [5.74, 6) is 0.281. The number of aromatic nitrogens is 1. The zero-order chi connectivity index (χ0) is 14.1. The van der Waals surface area contributed by atoms with Crippen LogP contribution in [0.15, 0.2) is 48.5 Å². The molecule has 3 heteroatoms. The molecule has 0 atom stereocenters. The maximum atomic E-state index is 9.59. The summed E-state index contributed by atoms with van der Waals surface area (Å²) in [6.07, 6.45) is 0.684. The molecule has 0 aliphatic rings. The van der Waals surface area contributed by atoms with E-state index in [1.54, 1.807) is 12.1 Å². The van der Waals surface area contributed by atoms with Crippen molar-refractivity contribution in [2.45, 2.75) is 6.42 Å². The molecule has 0 saturated heterocycles. The van der Waals surface area contributed by atoms with Gasteiger partial charge in [-0.2, -0.15) is 0 Å². The normalized spacial score (nSPS) is 11.1. The smallest absolute Gasteiger partial charge is 0.117 e. The Kier molecular flexibility index (Phi) is 3.20. The molecule has 0 spiro atoms. The van der Waals surface area contributed by atoms with Gasteiger partial charge >= 0.3 is 0 Å². The summed E-state index contributed by atoms with van der Waals surface area (Å²) >= 11 is 0. The van der Waals surface area contributed by atoms with Gasteiger partial charge in [-0.15, -0.1) is 0 Å². The third-order valence-corrected chi connectivity index (χ3v) is 3.68. The molecule has 0 aliphatic carbocycles. The summed E-state index contributed by atoms with van der Waals surface area (Å²) in [7, 11) is 2.00. The highest BCUT2D eigenvalue weighted by Gasteiger charge is 2.08. The Morgan fingerprint density at radius 2 is 1.75 bits per heavy atom. The maximum absolute atomic E-state index is 9.59. The number of aromatic hydroxyl groups is 1. The lowest BCUT2D eigenvalue weighted by Crippen LogP contribution is -1.93. The number of phenols is 1. The molecule has 0 unspecified atom stereocenters. The summed E-state index contributed by atoms with van der Waals surface area (Å²) in [5.41, 5.74) is 4.39. The second-order valence-electron chi connectivity index (χ2n) is 5.00.